The molecule has 5 aliphatic carbocycles. The second kappa shape index (κ2) is 11.8. The quantitative estimate of drug-likeness (QED) is 0.264. The molecule has 0 saturated heterocycles. The van der Waals surface area contributed by atoms with E-state index in [1.807, 2.05) is 18.2 Å². The van der Waals surface area contributed by atoms with E-state index in [-0.39, 0.29) is 49.2 Å². The van der Waals surface area contributed by atoms with Crippen LogP contribution in [0.4, 0.5) is 0 Å². The van der Waals surface area contributed by atoms with E-state index in [4.69, 9.17) is 16.7 Å². The van der Waals surface area contributed by atoms with Gasteiger partial charge < -0.3 is 5.32 Å². The van der Waals surface area contributed by atoms with Gasteiger partial charge in [0.1, 0.15) is 0 Å². The minimum Gasteiger partial charge on any atom is -0.352 e. The highest BCUT2D eigenvalue weighted by molar-refractivity contribution is 7.89. The Labute approximate surface area is 316 Å². The van der Waals surface area contributed by atoms with Gasteiger partial charge in [-0.05, 0) is 133 Å². The van der Waals surface area contributed by atoms with Crippen molar-refractivity contribution in [3.8, 4) is 0 Å². The first-order valence-electron chi connectivity index (χ1n) is 19.5. The van der Waals surface area contributed by atoms with Gasteiger partial charge in [-0.3, -0.25) is 4.79 Å². The number of carbonyl (C=O) groups is 1. The van der Waals surface area contributed by atoms with Crippen molar-refractivity contribution in [1.82, 2.24) is 14.5 Å². The molecule has 1 aromatic heterocycles. The van der Waals surface area contributed by atoms with Gasteiger partial charge in [0.2, 0.25) is 5.91 Å². The van der Waals surface area contributed by atoms with E-state index in [9.17, 15) is 13.2 Å². The molecule has 8 heteroatoms. The summed E-state index contributed by atoms with van der Waals surface area (Å²) in [6.45, 7) is 17.6. The fourth-order valence-corrected chi connectivity index (χ4v) is 14.2. The van der Waals surface area contributed by atoms with E-state index in [2.05, 4.69) is 72.0 Å². The van der Waals surface area contributed by atoms with Gasteiger partial charge in [0.25, 0.3) is 10.0 Å². The van der Waals surface area contributed by atoms with E-state index in [0.29, 0.717) is 23.4 Å². The highest BCUT2D eigenvalue weighted by atomic mass is 35.5. The summed E-state index contributed by atoms with van der Waals surface area (Å²) < 4.78 is 28.9. The van der Waals surface area contributed by atoms with Crippen molar-refractivity contribution in [3.63, 3.8) is 0 Å². The molecule has 0 aliphatic heterocycles. The van der Waals surface area contributed by atoms with Gasteiger partial charge in [0.15, 0.2) is 0 Å². The van der Waals surface area contributed by atoms with Crippen LogP contribution in [0.2, 0.25) is 5.02 Å². The van der Waals surface area contributed by atoms with Crippen LogP contribution in [0.15, 0.2) is 77.3 Å². The van der Waals surface area contributed by atoms with Crippen molar-refractivity contribution in [2.45, 2.75) is 123 Å². The lowest BCUT2D eigenvalue weighted by Crippen LogP contribution is -2.65. The fourth-order valence-electron chi connectivity index (χ4n) is 12.9. The van der Waals surface area contributed by atoms with E-state index >= 15 is 0 Å². The second-order valence-corrected chi connectivity index (χ2v) is 21.5. The summed E-state index contributed by atoms with van der Waals surface area (Å²) in [5, 5.41) is 8.78. The summed E-state index contributed by atoms with van der Waals surface area (Å²) in [7, 11) is -3.86. The molecule has 5 aliphatic rings. The monoisotopic (exact) mass is 741 g/mol. The molecule has 0 bridgehead atoms. The molecule has 3 aromatic rings. The van der Waals surface area contributed by atoms with E-state index in [1.54, 1.807) is 36.0 Å². The number of halogens is 1. The SMILES string of the molecule is CC1(C)CC[C@]2(C(=O)NCc3ccccc3)CC[C@]3(C)C(=CC[C@@H]4[C@@]5(C)Cc6cn(S(=O)(=O)c7ccc(Cl)cc7)nc6C(C)(C)[C@@H]5CC[C@]43C)[C@@H]2C1. The Balaban J connectivity index is 1.15. The van der Waals surface area contributed by atoms with Gasteiger partial charge in [-0.15, -0.1) is 0 Å². The first-order valence-corrected chi connectivity index (χ1v) is 21.3. The maximum Gasteiger partial charge on any atom is 0.282 e. The van der Waals surface area contributed by atoms with Crippen LogP contribution in [0.5, 0.6) is 0 Å². The molecule has 1 heterocycles. The zero-order valence-electron chi connectivity index (χ0n) is 32.1. The molecule has 8 rings (SSSR count). The topological polar surface area (TPSA) is 81.1 Å². The molecule has 1 amide bonds. The molecule has 52 heavy (non-hydrogen) atoms. The number of carbonyl (C=O) groups excluding carboxylic acids is 1. The average Bonchev–Trinajstić information content (AvgIpc) is 3.53. The largest absolute Gasteiger partial charge is 0.352 e. The molecular weight excluding hydrogens is 686 g/mol. The molecule has 3 saturated carbocycles. The van der Waals surface area contributed by atoms with Gasteiger partial charge in [-0.2, -0.15) is 17.6 Å². The number of hydrogen-bond donors (Lipinski definition) is 1. The van der Waals surface area contributed by atoms with Crippen LogP contribution >= 0.6 is 11.6 Å². The van der Waals surface area contributed by atoms with Gasteiger partial charge in [0, 0.05) is 23.2 Å². The highest BCUT2D eigenvalue weighted by Gasteiger charge is 2.69. The number of nitrogens with zero attached hydrogens (tertiary/aromatic N) is 2. The fraction of sp³-hybridized carbons (Fsp3) is 0.591. The number of allylic oxidation sites excluding steroid dienone is 2. The lowest BCUT2D eigenvalue weighted by atomic mass is 9.33. The molecule has 0 radical (unpaired) electrons. The lowest BCUT2D eigenvalue weighted by molar-refractivity contribution is -0.167. The average molecular weight is 742 g/mol. The normalized spacial score (nSPS) is 35.8. The summed E-state index contributed by atoms with van der Waals surface area (Å²) in [6, 6.07) is 16.6. The number of nitrogens with one attached hydrogen (secondary N) is 1. The zero-order valence-corrected chi connectivity index (χ0v) is 33.6. The van der Waals surface area contributed by atoms with Crippen molar-refractivity contribution < 1.29 is 13.2 Å². The third-order valence-corrected chi connectivity index (χ3v) is 17.6. The number of benzene rings is 2. The van der Waals surface area contributed by atoms with Crippen LogP contribution in [-0.4, -0.2) is 23.5 Å². The summed E-state index contributed by atoms with van der Waals surface area (Å²) in [4.78, 5) is 14.7. The summed E-state index contributed by atoms with van der Waals surface area (Å²) in [5.74, 6) is 1.27. The Morgan fingerprint density at radius 3 is 2.31 bits per heavy atom. The molecule has 2 aromatic carbocycles. The summed E-state index contributed by atoms with van der Waals surface area (Å²) in [5.41, 5.74) is 4.19. The maximum atomic E-state index is 14.5. The third kappa shape index (κ3) is 5.10. The Morgan fingerprint density at radius 1 is 0.904 bits per heavy atom. The number of aromatic nitrogens is 2. The van der Waals surface area contributed by atoms with E-state index in [1.165, 1.54) is 4.09 Å². The first kappa shape index (κ1) is 36.1. The molecule has 6 nitrogen and oxygen atoms in total. The minimum atomic E-state index is -3.86. The molecular formula is C44H56ClN3O3S. The van der Waals surface area contributed by atoms with Crippen LogP contribution < -0.4 is 5.32 Å². The predicted octanol–water partition coefficient (Wildman–Crippen LogP) is 9.91. The second-order valence-electron chi connectivity index (χ2n) is 19.3. The lowest BCUT2D eigenvalue weighted by Gasteiger charge is -2.70. The first-order chi connectivity index (χ1) is 24.4. The van der Waals surface area contributed by atoms with Crippen LogP contribution in [0.3, 0.4) is 0 Å². The van der Waals surface area contributed by atoms with Crippen molar-refractivity contribution >= 4 is 27.5 Å². The molecule has 3 fully saturated rings. The van der Waals surface area contributed by atoms with E-state index in [0.717, 1.165) is 74.6 Å². The van der Waals surface area contributed by atoms with Crippen molar-refractivity contribution in [3.05, 3.63) is 94.3 Å². The van der Waals surface area contributed by atoms with Gasteiger partial charge >= 0.3 is 0 Å². The van der Waals surface area contributed by atoms with Crippen molar-refractivity contribution in [2.75, 3.05) is 0 Å². The van der Waals surface area contributed by atoms with Gasteiger partial charge in [0.05, 0.1) is 16.0 Å². The van der Waals surface area contributed by atoms with Gasteiger partial charge in [-0.1, -0.05) is 102 Å². The Bertz CT molecular complexity index is 2050. The highest BCUT2D eigenvalue weighted by Crippen LogP contribution is 2.75. The number of hydrogen-bond acceptors (Lipinski definition) is 4. The number of fused-ring (bicyclic) bond motifs is 8. The third-order valence-electron chi connectivity index (χ3n) is 15.8. The summed E-state index contributed by atoms with van der Waals surface area (Å²) in [6.07, 6.45) is 13.4. The van der Waals surface area contributed by atoms with Gasteiger partial charge in [-0.25, -0.2) is 0 Å². The Morgan fingerprint density at radius 2 is 1.60 bits per heavy atom. The zero-order chi connectivity index (χ0) is 37.1. The van der Waals surface area contributed by atoms with Crippen LogP contribution in [0.25, 0.3) is 0 Å². The molecule has 0 unspecified atom stereocenters. The van der Waals surface area contributed by atoms with Crippen molar-refractivity contribution in [2.24, 2.45) is 44.8 Å². The Kier molecular flexibility index (Phi) is 8.19. The molecule has 1 N–H and O–H groups in total. The maximum absolute atomic E-state index is 14.5. The standard InChI is InChI=1S/C44H56ClN3O3S/c1-39(2)21-23-44(38(49)46-27-29-11-9-8-10-12-29)24-22-42(6)33(34(44)26-39)17-18-36-41(5)25-30-28-48(52(50,51)32-15-13-31(45)14-16-32)47-37(30)40(3,4)35(41)19-20-43(36,42)7/h8-17,28,34-36H,18-27H2,1-7H3,(H,46,49)/t34-,35-,36+,41-,42+,43+,44-/m0/s1. The number of amides is 1. The van der Waals surface area contributed by atoms with E-state index < -0.39 is 10.0 Å². The minimum absolute atomic E-state index is 0.0162. The van der Waals surface area contributed by atoms with Crippen LogP contribution in [0.1, 0.15) is 117 Å². The summed E-state index contributed by atoms with van der Waals surface area (Å²) >= 11 is 6.09. The van der Waals surface area contributed by atoms with Crippen LogP contribution in [0, 0.1) is 44.8 Å². The predicted molar refractivity (Wildman–Crippen MR) is 207 cm³/mol. The molecule has 278 valence electrons. The molecule has 0 spiro atoms. The van der Waals surface area contributed by atoms with Crippen LogP contribution in [-0.2, 0) is 33.2 Å². The Hall–Kier alpha value is -2.90. The molecule has 7 atom stereocenters. The number of rotatable bonds is 5. The van der Waals surface area contributed by atoms with Crippen molar-refractivity contribution in [1.29, 1.82) is 0 Å². The smallest absolute Gasteiger partial charge is 0.282 e.